The third-order valence-corrected chi connectivity index (χ3v) is 6.05. The van der Waals surface area contributed by atoms with Crippen molar-refractivity contribution in [3.05, 3.63) is 23.8 Å². The summed E-state index contributed by atoms with van der Waals surface area (Å²) in [4.78, 5) is 0.176. The van der Waals surface area contributed by atoms with Gasteiger partial charge >= 0.3 is 0 Å². The lowest BCUT2D eigenvalue weighted by Crippen LogP contribution is -2.50. The Hall–Kier alpha value is -0.860. The van der Waals surface area contributed by atoms with Crippen molar-refractivity contribution >= 4 is 21.6 Å². The van der Waals surface area contributed by atoms with E-state index in [0.717, 1.165) is 0 Å². The molecule has 0 N–H and O–H groups in total. The molecule has 1 saturated heterocycles. The molecule has 0 amide bonds. The van der Waals surface area contributed by atoms with Crippen LogP contribution in [0.15, 0.2) is 23.1 Å². The van der Waals surface area contributed by atoms with Crippen molar-refractivity contribution in [2.24, 2.45) is 0 Å². The molecule has 6 nitrogen and oxygen atoms in total. The summed E-state index contributed by atoms with van der Waals surface area (Å²) >= 11 is 5.71. The van der Waals surface area contributed by atoms with Crippen molar-refractivity contribution in [1.82, 2.24) is 4.31 Å². The van der Waals surface area contributed by atoms with Crippen molar-refractivity contribution in [3.8, 4) is 5.75 Å². The van der Waals surface area contributed by atoms with E-state index >= 15 is 0 Å². The normalized spacial score (nSPS) is 22.6. The number of hydrogen-bond acceptors (Lipinski definition) is 5. The van der Waals surface area contributed by atoms with Crippen LogP contribution in [0.5, 0.6) is 5.75 Å². The van der Waals surface area contributed by atoms with Gasteiger partial charge in [-0.25, -0.2) is 8.42 Å². The van der Waals surface area contributed by atoms with E-state index in [-0.39, 0.29) is 11.4 Å². The van der Waals surface area contributed by atoms with Crippen LogP contribution in [0.1, 0.15) is 12.0 Å². The molecule has 1 fully saturated rings. The lowest BCUT2D eigenvalue weighted by atomic mass is 10.0. The van der Waals surface area contributed by atoms with Crippen LogP contribution < -0.4 is 4.74 Å². The molecule has 0 radical (unpaired) electrons. The number of methoxy groups -OCH3 is 1. The zero-order valence-electron chi connectivity index (χ0n) is 12.2. The number of ether oxygens (including phenoxy) is 3. The molecule has 8 heteroatoms. The smallest absolute Gasteiger partial charge is 0.243 e. The Morgan fingerprint density at radius 1 is 1.36 bits per heavy atom. The topological polar surface area (TPSA) is 65.1 Å². The lowest BCUT2D eigenvalue weighted by Gasteiger charge is -2.39. The molecular weight excluding hydrogens is 330 g/mol. The second kappa shape index (κ2) is 5.98. The summed E-state index contributed by atoms with van der Waals surface area (Å²) in [7, 11) is -2.12. The van der Waals surface area contributed by atoms with Crippen molar-refractivity contribution in [2.45, 2.75) is 17.1 Å². The molecule has 0 saturated carbocycles. The van der Waals surface area contributed by atoms with Gasteiger partial charge in [0.25, 0.3) is 0 Å². The van der Waals surface area contributed by atoms with Crippen LogP contribution in [0.4, 0.5) is 0 Å². The van der Waals surface area contributed by atoms with Gasteiger partial charge in [0.2, 0.25) is 15.8 Å². The molecule has 3 rings (SSSR count). The second-order valence-electron chi connectivity index (χ2n) is 5.19. The number of sulfonamides is 1. The molecule has 0 aliphatic carbocycles. The SMILES string of the molecule is COc1ccc2c(c1)S(=O)(=O)N(CCCCl)CC21OCCO1. The highest BCUT2D eigenvalue weighted by Crippen LogP contribution is 2.43. The predicted molar refractivity (Wildman–Crippen MR) is 80.7 cm³/mol. The van der Waals surface area contributed by atoms with Gasteiger partial charge in [-0.3, -0.25) is 0 Å². The molecule has 122 valence electrons. The highest BCUT2D eigenvalue weighted by molar-refractivity contribution is 7.89. The average Bonchev–Trinajstić information content (AvgIpc) is 2.99. The molecule has 0 aromatic heterocycles. The maximum atomic E-state index is 12.8. The Bertz CT molecular complexity index is 657. The Morgan fingerprint density at radius 2 is 2.09 bits per heavy atom. The van der Waals surface area contributed by atoms with Crippen molar-refractivity contribution in [1.29, 1.82) is 0 Å². The van der Waals surface area contributed by atoms with Gasteiger partial charge < -0.3 is 14.2 Å². The fraction of sp³-hybridized carbons (Fsp3) is 0.571. The molecule has 1 spiro atoms. The van der Waals surface area contributed by atoms with Gasteiger partial charge in [-0.2, -0.15) is 4.31 Å². The van der Waals surface area contributed by atoms with Gasteiger partial charge in [-0.15, -0.1) is 11.6 Å². The number of alkyl halides is 1. The van der Waals surface area contributed by atoms with E-state index in [2.05, 4.69) is 0 Å². The number of halogens is 1. The minimum absolute atomic E-state index is 0.144. The second-order valence-corrected chi connectivity index (χ2v) is 7.48. The van der Waals surface area contributed by atoms with Gasteiger partial charge in [-0.1, -0.05) is 0 Å². The Kier molecular flexibility index (Phi) is 4.35. The first kappa shape index (κ1) is 16.0. The van der Waals surface area contributed by atoms with Crippen LogP contribution >= 0.6 is 11.6 Å². The van der Waals surface area contributed by atoms with Crippen molar-refractivity contribution in [3.63, 3.8) is 0 Å². The van der Waals surface area contributed by atoms with E-state index in [9.17, 15) is 8.42 Å². The third-order valence-electron chi connectivity index (χ3n) is 3.90. The maximum absolute atomic E-state index is 12.8. The Labute approximate surface area is 135 Å². The summed E-state index contributed by atoms with van der Waals surface area (Å²) in [5, 5.41) is 0. The summed E-state index contributed by atoms with van der Waals surface area (Å²) < 4.78 is 43.8. The van der Waals surface area contributed by atoms with Gasteiger partial charge in [-0.05, 0) is 18.6 Å². The Morgan fingerprint density at radius 3 is 2.73 bits per heavy atom. The minimum atomic E-state index is -3.62. The molecule has 1 aromatic carbocycles. The zero-order valence-corrected chi connectivity index (χ0v) is 13.8. The van der Waals surface area contributed by atoms with Crippen molar-refractivity contribution < 1.29 is 22.6 Å². The molecule has 22 heavy (non-hydrogen) atoms. The van der Waals surface area contributed by atoms with Crippen LogP contribution in [0.3, 0.4) is 0 Å². The number of rotatable bonds is 4. The van der Waals surface area contributed by atoms with Crippen LogP contribution in [-0.4, -0.2) is 52.0 Å². The summed E-state index contributed by atoms with van der Waals surface area (Å²) in [5.74, 6) is -0.153. The van der Waals surface area contributed by atoms with E-state index in [0.29, 0.717) is 43.4 Å². The molecule has 0 bridgehead atoms. The number of fused-ring (bicyclic) bond motifs is 2. The lowest BCUT2D eigenvalue weighted by molar-refractivity contribution is -0.176. The molecule has 0 atom stereocenters. The van der Waals surface area contributed by atoms with E-state index < -0.39 is 15.8 Å². The maximum Gasteiger partial charge on any atom is 0.243 e. The fourth-order valence-corrected chi connectivity index (χ4v) is 4.71. The largest absolute Gasteiger partial charge is 0.497 e. The number of hydrogen-bond donors (Lipinski definition) is 0. The van der Waals surface area contributed by atoms with Crippen LogP contribution in [0.2, 0.25) is 0 Å². The average molecular weight is 348 g/mol. The standard InChI is InChI=1S/C14H18ClNO5S/c1-19-11-3-4-12-13(9-11)22(17,18)16(6-2-5-15)10-14(12)20-7-8-21-14/h3-4,9H,2,5-8,10H2,1H3. The van der Waals surface area contributed by atoms with Gasteiger partial charge in [0, 0.05) is 24.1 Å². The summed E-state index contributed by atoms with van der Waals surface area (Å²) in [6.07, 6.45) is 0.566. The summed E-state index contributed by atoms with van der Waals surface area (Å²) in [6.45, 7) is 1.35. The molecule has 2 aliphatic rings. The van der Waals surface area contributed by atoms with Gasteiger partial charge in [0.15, 0.2) is 0 Å². The Balaban J connectivity index is 2.12. The summed E-state index contributed by atoms with van der Waals surface area (Å²) in [6, 6.07) is 4.94. The van der Waals surface area contributed by atoms with Gasteiger partial charge in [0.05, 0.1) is 31.8 Å². The van der Waals surface area contributed by atoms with Crippen LogP contribution in [-0.2, 0) is 25.3 Å². The predicted octanol–water partition coefficient (Wildman–Crippen LogP) is 1.53. The fourth-order valence-electron chi connectivity index (χ4n) is 2.84. The van der Waals surface area contributed by atoms with Crippen LogP contribution in [0, 0.1) is 0 Å². The van der Waals surface area contributed by atoms with E-state index in [1.807, 2.05) is 0 Å². The monoisotopic (exact) mass is 347 g/mol. The quantitative estimate of drug-likeness (QED) is 0.773. The van der Waals surface area contributed by atoms with Crippen LogP contribution in [0.25, 0.3) is 0 Å². The van der Waals surface area contributed by atoms with Crippen molar-refractivity contribution in [2.75, 3.05) is 39.3 Å². The molecule has 2 aliphatic heterocycles. The highest BCUT2D eigenvalue weighted by atomic mass is 35.5. The van der Waals surface area contributed by atoms with Gasteiger partial charge in [0.1, 0.15) is 5.75 Å². The molecule has 2 heterocycles. The first-order valence-electron chi connectivity index (χ1n) is 7.06. The summed E-state index contributed by atoms with van der Waals surface area (Å²) in [5.41, 5.74) is 0.535. The zero-order chi connectivity index (χ0) is 15.8. The highest BCUT2D eigenvalue weighted by Gasteiger charge is 2.50. The minimum Gasteiger partial charge on any atom is -0.497 e. The van der Waals surface area contributed by atoms with E-state index in [1.165, 1.54) is 17.5 Å². The van der Waals surface area contributed by atoms with E-state index in [4.69, 9.17) is 25.8 Å². The number of nitrogens with zero attached hydrogens (tertiary/aromatic N) is 1. The molecular formula is C14H18ClNO5S. The molecule has 0 unspecified atom stereocenters. The molecule has 1 aromatic rings. The number of benzene rings is 1. The third kappa shape index (κ3) is 2.51. The first-order valence-corrected chi connectivity index (χ1v) is 9.03. The first-order chi connectivity index (χ1) is 10.5. The van der Waals surface area contributed by atoms with E-state index in [1.54, 1.807) is 12.1 Å².